The second-order valence-corrected chi connectivity index (χ2v) is 4.86. The van der Waals surface area contributed by atoms with Crippen LogP contribution >= 0.6 is 0 Å². The predicted molar refractivity (Wildman–Crippen MR) is 79.1 cm³/mol. The van der Waals surface area contributed by atoms with Crippen LogP contribution in [0.2, 0.25) is 0 Å². The maximum Gasteiger partial charge on any atom is 0.328 e. The minimum absolute atomic E-state index is 0.0271. The van der Waals surface area contributed by atoms with E-state index >= 15 is 0 Å². The molecule has 0 spiro atoms. The standard InChI is InChI=1S/C15H18N2O4/c1-10-13(8-9-21-10)17-15(20)16-12-5-2-11(3-6-12)4-7-14(18)19/h2-7,10,13H,8-9H2,1H3,(H,18,19)(H2,16,17,20)/b7-4+. The molecule has 1 saturated heterocycles. The van der Waals surface area contributed by atoms with Crippen molar-refractivity contribution in [1.82, 2.24) is 5.32 Å². The molecule has 112 valence electrons. The highest BCUT2D eigenvalue weighted by atomic mass is 16.5. The lowest BCUT2D eigenvalue weighted by Crippen LogP contribution is -2.41. The molecule has 0 bridgehead atoms. The third-order valence-electron chi connectivity index (χ3n) is 3.28. The molecule has 0 aromatic heterocycles. The summed E-state index contributed by atoms with van der Waals surface area (Å²) in [5.74, 6) is -0.996. The summed E-state index contributed by atoms with van der Waals surface area (Å²) in [6.07, 6.45) is 3.40. The molecule has 6 heteroatoms. The molecular formula is C15H18N2O4. The Balaban J connectivity index is 1.87. The van der Waals surface area contributed by atoms with Crippen LogP contribution in [0.5, 0.6) is 0 Å². The van der Waals surface area contributed by atoms with Crippen LogP contribution in [0.25, 0.3) is 6.08 Å². The molecule has 1 aliphatic heterocycles. The number of carbonyl (C=O) groups excluding carboxylic acids is 1. The van der Waals surface area contributed by atoms with Crippen molar-refractivity contribution in [3.05, 3.63) is 35.9 Å². The number of aliphatic carboxylic acids is 1. The smallest absolute Gasteiger partial charge is 0.328 e. The van der Waals surface area contributed by atoms with Crippen molar-refractivity contribution in [2.75, 3.05) is 11.9 Å². The Morgan fingerprint density at radius 2 is 2.05 bits per heavy atom. The highest BCUT2D eigenvalue weighted by molar-refractivity contribution is 5.90. The summed E-state index contributed by atoms with van der Waals surface area (Å²) in [6.45, 7) is 2.60. The summed E-state index contributed by atoms with van der Waals surface area (Å²) in [6, 6.07) is 6.66. The zero-order valence-corrected chi connectivity index (χ0v) is 11.7. The predicted octanol–water partition coefficient (Wildman–Crippen LogP) is 2.08. The minimum atomic E-state index is -0.996. The van der Waals surface area contributed by atoms with Gasteiger partial charge in [-0.3, -0.25) is 0 Å². The highest BCUT2D eigenvalue weighted by Gasteiger charge is 2.25. The van der Waals surface area contributed by atoms with E-state index < -0.39 is 5.97 Å². The van der Waals surface area contributed by atoms with Crippen LogP contribution in [0.3, 0.4) is 0 Å². The zero-order valence-electron chi connectivity index (χ0n) is 11.7. The molecule has 0 aliphatic carbocycles. The van der Waals surface area contributed by atoms with Gasteiger partial charge in [-0.25, -0.2) is 9.59 Å². The van der Waals surface area contributed by atoms with Gasteiger partial charge < -0.3 is 20.5 Å². The zero-order chi connectivity index (χ0) is 15.2. The van der Waals surface area contributed by atoms with Crippen LogP contribution < -0.4 is 10.6 Å². The van der Waals surface area contributed by atoms with E-state index in [1.54, 1.807) is 24.3 Å². The number of benzene rings is 1. The van der Waals surface area contributed by atoms with Crippen molar-refractivity contribution in [3.63, 3.8) is 0 Å². The van der Waals surface area contributed by atoms with E-state index in [9.17, 15) is 9.59 Å². The van der Waals surface area contributed by atoms with E-state index in [0.29, 0.717) is 12.3 Å². The molecule has 0 saturated carbocycles. The Hall–Kier alpha value is -2.34. The first-order valence-electron chi connectivity index (χ1n) is 6.75. The van der Waals surface area contributed by atoms with E-state index in [2.05, 4.69) is 10.6 Å². The monoisotopic (exact) mass is 290 g/mol. The lowest BCUT2D eigenvalue weighted by Gasteiger charge is -2.16. The van der Waals surface area contributed by atoms with Crippen LogP contribution in [-0.4, -0.2) is 35.9 Å². The third-order valence-corrected chi connectivity index (χ3v) is 3.28. The number of nitrogens with one attached hydrogen (secondary N) is 2. The maximum atomic E-state index is 11.8. The summed E-state index contributed by atoms with van der Waals surface area (Å²) >= 11 is 0. The van der Waals surface area contributed by atoms with Gasteiger partial charge in [-0.15, -0.1) is 0 Å². The fourth-order valence-electron chi connectivity index (χ4n) is 2.10. The summed E-state index contributed by atoms with van der Waals surface area (Å²) < 4.78 is 5.38. The van der Waals surface area contributed by atoms with E-state index in [1.165, 1.54) is 6.08 Å². The molecule has 2 rings (SSSR count). The van der Waals surface area contributed by atoms with Crippen LogP contribution in [-0.2, 0) is 9.53 Å². The first-order chi connectivity index (χ1) is 10.0. The molecule has 3 N–H and O–H groups in total. The second kappa shape index (κ2) is 6.90. The van der Waals surface area contributed by atoms with Gasteiger partial charge in [0.1, 0.15) is 0 Å². The number of ether oxygens (including phenoxy) is 1. The Morgan fingerprint density at radius 1 is 1.33 bits per heavy atom. The molecule has 0 radical (unpaired) electrons. The average molecular weight is 290 g/mol. The number of carboxylic acids is 1. The number of urea groups is 1. The molecule has 1 aromatic rings. The van der Waals surface area contributed by atoms with Gasteiger partial charge in [0.05, 0.1) is 12.1 Å². The van der Waals surface area contributed by atoms with Gasteiger partial charge in [0.25, 0.3) is 0 Å². The third kappa shape index (κ3) is 4.61. The topological polar surface area (TPSA) is 87.7 Å². The summed E-state index contributed by atoms with van der Waals surface area (Å²) in [4.78, 5) is 22.3. The van der Waals surface area contributed by atoms with E-state index in [4.69, 9.17) is 9.84 Å². The molecule has 1 aromatic carbocycles. The average Bonchev–Trinajstić information content (AvgIpc) is 2.83. The number of anilines is 1. The van der Waals surface area contributed by atoms with Crippen molar-refractivity contribution < 1.29 is 19.4 Å². The van der Waals surface area contributed by atoms with Gasteiger partial charge in [-0.1, -0.05) is 12.1 Å². The number of amides is 2. The van der Waals surface area contributed by atoms with Crippen LogP contribution in [0.4, 0.5) is 10.5 Å². The molecule has 1 aliphatic rings. The Labute approximate surface area is 122 Å². The quantitative estimate of drug-likeness (QED) is 0.741. The summed E-state index contributed by atoms with van der Waals surface area (Å²) in [7, 11) is 0. The highest BCUT2D eigenvalue weighted by Crippen LogP contribution is 2.14. The van der Waals surface area contributed by atoms with Crippen LogP contribution in [0.15, 0.2) is 30.3 Å². The van der Waals surface area contributed by atoms with Crippen molar-refractivity contribution in [1.29, 1.82) is 0 Å². The van der Waals surface area contributed by atoms with Gasteiger partial charge in [0.15, 0.2) is 0 Å². The largest absolute Gasteiger partial charge is 0.478 e. The Kier molecular flexibility index (Phi) is 4.94. The molecule has 2 atom stereocenters. The number of carboxylic acid groups (broad SMARTS) is 1. The van der Waals surface area contributed by atoms with Gasteiger partial charge in [-0.05, 0) is 37.1 Å². The summed E-state index contributed by atoms with van der Waals surface area (Å²) in [5.41, 5.74) is 1.40. The molecule has 21 heavy (non-hydrogen) atoms. The summed E-state index contributed by atoms with van der Waals surface area (Å²) in [5, 5.41) is 14.1. The van der Waals surface area contributed by atoms with Gasteiger partial charge in [0, 0.05) is 18.4 Å². The Morgan fingerprint density at radius 3 is 2.62 bits per heavy atom. The lowest BCUT2D eigenvalue weighted by atomic mass is 10.1. The molecule has 2 amide bonds. The second-order valence-electron chi connectivity index (χ2n) is 4.86. The fraction of sp³-hybridized carbons (Fsp3) is 0.333. The van der Waals surface area contributed by atoms with Crippen molar-refractivity contribution >= 4 is 23.8 Å². The van der Waals surface area contributed by atoms with E-state index in [1.807, 2.05) is 6.92 Å². The van der Waals surface area contributed by atoms with Crippen LogP contribution in [0, 0.1) is 0 Å². The normalized spacial score (nSPS) is 21.4. The minimum Gasteiger partial charge on any atom is -0.478 e. The first kappa shape index (κ1) is 15.1. The van der Waals surface area contributed by atoms with Gasteiger partial charge in [-0.2, -0.15) is 0 Å². The van der Waals surface area contributed by atoms with Crippen molar-refractivity contribution in [2.24, 2.45) is 0 Å². The van der Waals surface area contributed by atoms with Gasteiger partial charge >= 0.3 is 12.0 Å². The maximum absolute atomic E-state index is 11.8. The van der Waals surface area contributed by atoms with Crippen molar-refractivity contribution in [2.45, 2.75) is 25.5 Å². The molecular weight excluding hydrogens is 272 g/mol. The number of rotatable bonds is 4. The van der Waals surface area contributed by atoms with Crippen molar-refractivity contribution in [3.8, 4) is 0 Å². The van der Waals surface area contributed by atoms with E-state index in [0.717, 1.165) is 18.1 Å². The number of carbonyl (C=O) groups is 2. The number of hydrogen-bond acceptors (Lipinski definition) is 3. The molecule has 2 unspecified atom stereocenters. The molecule has 1 fully saturated rings. The molecule has 1 heterocycles. The van der Waals surface area contributed by atoms with E-state index in [-0.39, 0.29) is 18.2 Å². The Bertz CT molecular complexity index is 539. The first-order valence-corrected chi connectivity index (χ1v) is 6.75. The van der Waals surface area contributed by atoms with Gasteiger partial charge in [0.2, 0.25) is 0 Å². The number of hydrogen-bond donors (Lipinski definition) is 3. The van der Waals surface area contributed by atoms with Crippen LogP contribution in [0.1, 0.15) is 18.9 Å². The molecule has 6 nitrogen and oxygen atoms in total. The fourth-order valence-corrected chi connectivity index (χ4v) is 2.10. The SMILES string of the molecule is CC1OCCC1NC(=O)Nc1ccc(/C=C/C(=O)O)cc1. The lowest BCUT2D eigenvalue weighted by molar-refractivity contribution is -0.131.